The smallest absolute Gasteiger partial charge is 0.231 e. The fourth-order valence-corrected chi connectivity index (χ4v) is 1.10. The van der Waals surface area contributed by atoms with Crippen molar-refractivity contribution in [3.05, 3.63) is 11.8 Å². The summed E-state index contributed by atoms with van der Waals surface area (Å²) in [6.07, 6.45) is 1.41. The first-order valence-corrected chi connectivity index (χ1v) is 4.07. The van der Waals surface area contributed by atoms with Crippen LogP contribution in [-0.4, -0.2) is 16.2 Å². The molecule has 0 unspecified atom stereocenters. The van der Waals surface area contributed by atoms with E-state index in [0.29, 0.717) is 18.5 Å². The number of anilines is 1. The molecule has 5 heteroatoms. The molecule has 1 aromatic heterocycles. The molecule has 0 aliphatic heterocycles. The molecule has 2 rings (SSSR count). The number of carbonyl (C=O) groups excluding carboxylic acids is 1. The summed E-state index contributed by atoms with van der Waals surface area (Å²) < 4.78 is 4.80. The first-order chi connectivity index (χ1) is 6.10. The Hall–Kier alpha value is -1.36. The first-order valence-electron chi connectivity index (χ1n) is 4.07. The number of rotatable bonds is 2. The number of nitrogens with one attached hydrogen (secondary N) is 1. The molecule has 70 valence electrons. The highest BCUT2D eigenvalue weighted by atomic mass is 16.5. The Morgan fingerprint density at radius 1 is 1.77 bits per heavy atom. The van der Waals surface area contributed by atoms with Gasteiger partial charge in [0.25, 0.3) is 0 Å². The molecule has 1 aromatic rings. The van der Waals surface area contributed by atoms with E-state index in [2.05, 4.69) is 10.5 Å². The van der Waals surface area contributed by atoms with Gasteiger partial charge in [0.1, 0.15) is 11.3 Å². The largest absolute Gasteiger partial charge is 0.383 e. The van der Waals surface area contributed by atoms with Gasteiger partial charge in [0, 0.05) is 13.0 Å². The van der Waals surface area contributed by atoms with Crippen LogP contribution < -0.4 is 5.32 Å². The number of carbonyl (C=O) groups is 1. The van der Waals surface area contributed by atoms with E-state index in [-0.39, 0.29) is 11.8 Å². The van der Waals surface area contributed by atoms with E-state index in [1.807, 2.05) is 0 Å². The van der Waals surface area contributed by atoms with Crippen LogP contribution >= 0.6 is 0 Å². The van der Waals surface area contributed by atoms with Crippen molar-refractivity contribution in [3.63, 3.8) is 0 Å². The molecular formula is C8H10N2O3. The Kier molecular flexibility index (Phi) is 1.63. The monoisotopic (exact) mass is 182 g/mol. The summed E-state index contributed by atoms with van der Waals surface area (Å²) in [5.41, 5.74) is -0.309. The second kappa shape index (κ2) is 2.56. The molecule has 0 radical (unpaired) electrons. The Morgan fingerprint density at radius 2 is 2.46 bits per heavy atom. The summed E-state index contributed by atoms with van der Waals surface area (Å²) in [5, 5.41) is 15.7. The van der Waals surface area contributed by atoms with Gasteiger partial charge in [-0.1, -0.05) is 5.16 Å². The minimum absolute atomic E-state index is 0.217. The summed E-state index contributed by atoms with van der Waals surface area (Å²) >= 11 is 0. The molecule has 0 bridgehead atoms. The highest BCUT2D eigenvalue weighted by Gasteiger charge is 2.45. The van der Waals surface area contributed by atoms with E-state index >= 15 is 0 Å². The molecule has 0 spiro atoms. The van der Waals surface area contributed by atoms with Crippen LogP contribution in [0.4, 0.5) is 5.88 Å². The average molecular weight is 182 g/mol. The highest BCUT2D eigenvalue weighted by molar-refractivity contribution is 5.87. The molecule has 1 heterocycles. The van der Waals surface area contributed by atoms with Crippen LogP contribution in [-0.2, 0) is 10.4 Å². The van der Waals surface area contributed by atoms with E-state index < -0.39 is 5.60 Å². The number of amides is 1. The fraction of sp³-hybridized carbons (Fsp3) is 0.500. The zero-order valence-electron chi connectivity index (χ0n) is 7.20. The van der Waals surface area contributed by atoms with E-state index in [1.165, 1.54) is 6.92 Å². The summed E-state index contributed by atoms with van der Waals surface area (Å²) in [4.78, 5) is 10.6. The fourth-order valence-electron chi connectivity index (χ4n) is 1.10. The SMILES string of the molecule is CC(=O)Nc1cc(C2(O)CC2)no1. The van der Waals surface area contributed by atoms with Gasteiger partial charge >= 0.3 is 0 Å². The van der Waals surface area contributed by atoms with Crippen LogP contribution in [0.2, 0.25) is 0 Å². The number of hydrogen-bond acceptors (Lipinski definition) is 4. The standard InChI is InChI=1S/C8H10N2O3/c1-5(11)9-7-4-6(10-13-7)8(12)2-3-8/h4,12H,2-3H2,1H3,(H,9,11). The normalized spacial score (nSPS) is 18.3. The Labute approximate surface area is 74.7 Å². The predicted octanol–water partition coefficient (Wildman–Crippen LogP) is 0.614. The number of aliphatic hydroxyl groups is 1. The average Bonchev–Trinajstić information content (AvgIpc) is 2.62. The predicted molar refractivity (Wildman–Crippen MR) is 43.9 cm³/mol. The van der Waals surface area contributed by atoms with Gasteiger partial charge in [-0.15, -0.1) is 0 Å². The first kappa shape index (κ1) is 8.25. The minimum Gasteiger partial charge on any atom is -0.383 e. The quantitative estimate of drug-likeness (QED) is 0.702. The van der Waals surface area contributed by atoms with Crippen molar-refractivity contribution in [2.24, 2.45) is 0 Å². The molecule has 13 heavy (non-hydrogen) atoms. The van der Waals surface area contributed by atoms with Crippen LogP contribution in [0.5, 0.6) is 0 Å². The van der Waals surface area contributed by atoms with Crippen molar-refractivity contribution in [2.45, 2.75) is 25.4 Å². The molecule has 0 atom stereocenters. The molecular weight excluding hydrogens is 172 g/mol. The lowest BCUT2D eigenvalue weighted by Gasteiger charge is -1.98. The van der Waals surface area contributed by atoms with Crippen molar-refractivity contribution in [1.29, 1.82) is 0 Å². The minimum atomic E-state index is -0.805. The van der Waals surface area contributed by atoms with E-state index in [4.69, 9.17) is 4.52 Å². The zero-order valence-corrected chi connectivity index (χ0v) is 7.20. The van der Waals surface area contributed by atoms with E-state index in [1.54, 1.807) is 6.07 Å². The Bertz CT molecular complexity index is 341. The molecule has 2 N–H and O–H groups in total. The maximum atomic E-state index is 10.6. The number of aromatic nitrogens is 1. The number of hydrogen-bond donors (Lipinski definition) is 2. The summed E-state index contributed by atoms with van der Waals surface area (Å²) in [5.74, 6) is 0.0633. The van der Waals surface area contributed by atoms with Crippen LogP contribution in [0.25, 0.3) is 0 Å². The van der Waals surface area contributed by atoms with Crippen molar-refractivity contribution in [3.8, 4) is 0 Å². The van der Waals surface area contributed by atoms with Gasteiger partial charge in [-0.05, 0) is 12.8 Å². The van der Waals surface area contributed by atoms with Gasteiger partial charge < -0.3 is 9.63 Å². The van der Waals surface area contributed by atoms with Crippen molar-refractivity contribution in [1.82, 2.24) is 5.16 Å². The molecule has 1 fully saturated rings. The molecule has 1 aliphatic rings. The third kappa shape index (κ3) is 1.55. The molecule has 5 nitrogen and oxygen atoms in total. The van der Waals surface area contributed by atoms with Crippen LogP contribution in [0, 0.1) is 0 Å². The lowest BCUT2D eigenvalue weighted by atomic mass is 10.2. The van der Waals surface area contributed by atoms with Gasteiger partial charge in [-0.25, -0.2) is 0 Å². The summed E-state index contributed by atoms with van der Waals surface area (Å²) in [6, 6.07) is 1.55. The Balaban J connectivity index is 2.14. The summed E-state index contributed by atoms with van der Waals surface area (Å²) in [6.45, 7) is 1.38. The topological polar surface area (TPSA) is 75.4 Å². The Morgan fingerprint density at radius 3 is 3.00 bits per heavy atom. The van der Waals surface area contributed by atoms with Crippen molar-refractivity contribution >= 4 is 11.8 Å². The van der Waals surface area contributed by atoms with Crippen LogP contribution in [0.1, 0.15) is 25.5 Å². The van der Waals surface area contributed by atoms with Gasteiger partial charge in [0.2, 0.25) is 11.8 Å². The van der Waals surface area contributed by atoms with Gasteiger partial charge in [0.05, 0.1) is 0 Å². The third-order valence-electron chi connectivity index (χ3n) is 2.01. The number of nitrogens with zero attached hydrogens (tertiary/aromatic N) is 1. The second-order valence-corrected chi connectivity index (χ2v) is 3.29. The van der Waals surface area contributed by atoms with Crippen molar-refractivity contribution in [2.75, 3.05) is 5.32 Å². The van der Waals surface area contributed by atoms with E-state index in [9.17, 15) is 9.90 Å². The maximum Gasteiger partial charge on any atom is 0.231 e. The van der Waals surface area contributed by atoms with Crippen molar-refractivity contribution < 1.29 is 14.4 Å². The van der Waals surface area contributed by atoms with Gasteiger partial charge in [-0.2, -0.15) is 0 Å². The maximum absolute atomic E-state index is 10.6. The third-order valence-corrected chi connectivity index (χ3v) is 2.01. The molecule has 0 saturated heterocycles. The van der Waals surface area contributed by atoms with Gasteiger partial charge in [0.15, 0.2) is 0 Å². The molecule has 1 saturated carbocycles. The van der Waals surface area contributed by atoms with Crippen LogP contribution in [0.15, 0.2) is 10.6 Å². The molecule has 1 aliphatic carbocycles. The zero-order chi connectivity index (χ0) is 9.47. The van der Waals surface area contributed by atoms with Crippen LogP contribution in [0.3, 0.4) is 0 Å². The molecule has 1 amide bonds. The lowest BCUT2D eigenvalue weighted by Crippen LogP contribution is -2.05. The lowest BCUT2D eigenvalue weighted by molar-refractivity contribution is -0.114. The highest BCUT2D eigenvalue weighted by Crippen LogP contribution is 2.45. The summed E-state index contributed by atoms with van der Waals surface area (Å²) in [7, 11) is 0. The van der Waals surface area contributed by atoms with E-state index in [0.717, 1.165) is 0 Å². The van der Waals surface area contributed by atoms with Gasteiger partial charge in [-0.3, -0.25) is 10.1 Å². The molecule has 0 aromatic carbocycles. The second-order valence-electron chi connectivity index (χ2n) is 3.29.